The average molecular weight is 485 g/mol. The summed E-state index contributed by atoms with van der Waals surface area (Å²) in [5.41, 5.74) is 6.82. The number of hydrogen-bond donors (Lipinski definition) is 1. The number of carbonyl (C=O) groups is 1. The molecular weight excluding hydrogens is 456 g/mol. The molecule has 0 fully saturated rings. The standard InChI is InChI=1S/C29H28N2O3S/c1-19-8-9-24(17-28(19)35-4)29(32)31-18-25-15-23(12-13-30-25)21-7-5-6-20(14-21)22-10-11-26(33-2)27(16-22)34-3/h5-17H,18H2,1-4H3,(H,31,32). The number of hydrogen-bond acceptors (Lipinski definition) is 5. The molecule has 0 saturated heterocycles. The number of benzene rings is 3. The van der Waals surface area contributed by atoms with Gasteiger partial charge < -0.3 is 14.8 Å². The summed E-state index contributed by atoms with van der Waals surface area (Å²) < 4.78 is 10.8. The maximum atomic E-state index is 12.7. The molecule has 3 aromatic carbocycles. The van der Waals surface area contributed by atoms with Crippen LogP contribution in [-0.2, 0) is 6.54 Å². The Bertz CT molecular complexity index is 1350. The minimum atomic E-state index is -0.108. The first-order valence-electron chi connectivity index (χ1n) is 11.2. The number of pyridine rings is 1. The third kappa shape index (κ3) is 5.66. The van der Waals surface area contributed by atoms with Gasteiger partial charge in [0, 0.05) is 16.7 Å². The fourth-order valence-electron chi connectivity index (χ4n) is 3.88. The third-order valence-electron chi connectivity index (χ3n) is 5.83. The van der Waals surface area contributed by atoms with Crippen molar-refractivity contribution >= 4 is 17.7 Å². The number of rotatable bonds is 8. The van der Waals surface area contributed by atoms with Crippen molar-refractivity contribution in [2.75, 3.05) is 20.5 Å². The predicted octanol–water partition coefficient (Wildman–Crippen LogP) is 6.39. The molecule has 0 aliphatic rings. The van der Waals surface area contributed by atoms with Crippen molar-refractivity contribution in [2.24, 2.45) is 0 Å². The second-order valence-corrected chi connectivity index (χ2v) is 8.90. The lowest BCUT2D eigenvalue weighted by Crippen LogP contribution is -2.23. The van der Waals surface area contributed by atoms with Crippen LogP contribution in [0.4, 0.5) is 0 Å². The van der Waals surface area contributed by atoms with Crippen molar-refractivity contribution in [1.29, 1.82) is 0 Å². The molecule has 0 bridgehead atoms. The number of carbonyl (C=O) groups excluding carboxylic acids is 1. The number of aromatic nitrogens is 1. The molecule has 35 heavy (non-hydrogen) atoms. The molecule has 0 saturated carbocycles. The Kier molecular flexibility index (Phi) is 7.73. The summed E-state index contributed by atoms with van der Waals surface area (Å²) in [6.07, 6.45) is 3.79. The Morgan fingerprint density at radius 3 is 2.29 bits per heavy atom. The summed E-state index contributed by atoms with van der Waals surface area (Å²) >= 11 is 1.64. The van der Waals surface area contributed by atoms with Gasteiger partial charge in [-0.1, -0.05) is 30.3 Å². The quantitative estimate of drug-likeness (QED) is 0.294. The van der Waals surface area contributed by atoms with Gasteiger partial charge in [-0.05, 0) is 83.5 Å². The number of nitrogens with one attached hydrogen (secondary N) is 1. The first-order valence-corrected chi connectivity index (χ1v) is 12.5. The smallest absolute Gasteiger partial charge is 0.251 e. The van der Waals surface area contributed by atoms with Crippen LogP contribution in [0.1, 0.15) is 21.6 Å². The van der Waals surface area contributed by atoms with Gasteiger partial charge in [0.25, 0.3) is 5.91 Å². The van der Waals surface area contributed by atoms with Gasteiger partial charge in [-0.2, -0.15) is 0 Å². The molecule has 1 aromatic heterocycles. The van der Waals surface area contributed by atoms with E-state index in [-0.39, 0.29) is 5.91 Å². The van der Waals surface area contributed by atoms with Crippen molar-refractivity contribution in [2.45, 2.75) is 18.4 Å². The van der Waals surface area contributed by atoms with Gasteiger partial charge >= 0.3 is 0 Å². The summed E-state index contributed by atoms with van der Waals surface area (Å²) in [7, 11) is 3.26. The van der Waals surface area contributed by atoms with Gasteiger partial charge in [0.15, 0.2) is 11.5 Å². The normalized spacial score (nSPS) is 10.6. The van der Waals surface area contributed by atoms with Crippen LogP contribution in [0.3, 0.4) is 0 Å². The molecule has 0 aliphatic carbocycles. The molecular formula is C29H28N2O3S. The van der Waals surface area contributed by atoms with E-state index in [1.165, 1.54) is 5.56 Å². The number of aryl methyl sites for hydroxylation is 1. The fourth-order valence-corrected chi connectivity index (χ4v) is 4.52. The van der Waals surface area contributed by atoms with Crippen molar-refractivity contribution in [3.8, 4) is 33.8 Å². The number of methoxy groups -OCH3 is 2. The monoisotopic (exact) mass is 484 g/mol. The van der Waals surface area contributed by atoms with E-state index in [1.807, 2.05) is 67.8 Å². The van der Waals surface area contributed by atoms with Crippen LogP contribution in [0.2, 0.25) is 0 Å². The van der Waals surface area contributed by atoms with Crippen LogP contribution >= 0.6 is 11.8 Å². The molecule has 5 nitrogen and oxygen atoms in total. The highest BCUT2D eigenvalue weighted by Gasteiger charge is 2.10. The van der Waals surface area contributed by atoms with Crippen LogP contribution in [0.25, 0.3) is 22.3 Å². The summed E-state index contributed by atoms with van der Waals surface area (Å²) in [6, 6.07) is 23.9. The van der Waals surface area contributed by atoms with Gasteiger partial charge in [-0.3, -0.25) is 9.78 Å². The molecule has 0 unspecified atom stereocenters. The Balaban J connectivity index is 1.52. The summed E-state index contributed by atoms with van der Waals surface area (Å²) in [5, 5.41) is 2.99. The Hall–Kier alpha value is -3.77. The number of nitrogens with zero attached hydrogens (tertiary/aromatic N) is 1. The minimum Gasteiger partial charge on any atom is -0.493 e. The van der Waals surface area contributed by atoms with Gasteiger partial charge in [0.2, 0.25) is 0 Å². The molecule has 1 N–H and O–H groups in total. The van der Waals surface area contributed by atoms with Crippen LogP contribution in [-0.4, -0.2) is 31.4 Å². The zero-order valence-electron chi connectivity index (χ0n) is 20.3. The lowest BCUT2D eigenvalue weighted by Gasteiger charge is -2.11. The average Bonchev–Trinajstić information content (AvgIpc) is 2.91. The molecule has 0 spiro atoms. The van der Waals surface area contributed by atoms with Crippen molar-refractivity contribution < 1.29 is 14.3 Å². The van der Waals surface area contributed by atoms with Crippen LogP contribution in [0, 0.1) is 6.92 Å². The molecule has 0 aliphatic heterocycles. The van der Waals surface area contributed by atoms with E-state index < -0.39 is 0 Å². The van der Waals surface area contributed by atoms with E-state index in [9.17, 15) is 4.79 Å². The first-order chi connectivity index (χ1) is 17.0. The zero-order valence-corrected chi connectivity index (χ0v) is 21.1. The summed E-state index contributed by atoms with van der Waals surface area (Å²) in [6.45, 7) is 2.40. The maximum Gasteiger partial charge on any atom is 0.251 e. The van der Waals surface area contributed by atoms with Gasteiger partial charge in [-0.15, -0.1) is 11.8 Å². The van der Waals surface area contributed by atoms with Crippen molar-refractivity contribution in [3.63, 3.8) is 0 Å². The second kappa shape index (κ2) is 11.1. The molecule has 178 valence electrons. The molecule has 1 heterocycles. The zero-order chi connectivity index (χ0) is 24.8. The Morgan fingerprint density at radius 1 is 0.857 bits per heavy atom. The van der Waals surface area contributed by atoms with E-state index in [0.717, 1.165) is 32.8 Å². The molecule has 6 heteroatoms. The molecule has 1 amide bonds. The van der Waals surface area contributed by atoms with Crippen molar-refractivity contribution in [1.82, 2.24) is 10.3 Å². The first kappa shape index (κ1) is 24.4. The second-order valence-electron chi connectivity index (χ2n) is 8.05. The fraction of sp³-hybridized carbons (Fsp3) is 0.172. The summed E-state index contributed by atoms with van der Waals surface area (Å²) in [5.74, 6) is 1.28. The molecule has 4 rings (SSSR count). The molecule has 4 aromatic rings. The van der Waals surface area contributed by atoms with Crippen LogP contribution in [0.15, 0.2) is 83.9 Å². The minimum absolute atomic E-state index is 0.108. The van der Waals surface area contributed by atoms with Crippen LogP contribution < -0.4 is 14.8 Å². The van der Waals surface area contributed by atoms with Gasteiger partial charge in [0.1, 0.15) is 0 Å². The lowest BCUT2D eigenvalue weighted by molar-refractivity contribution is 0.0950. The molecule has 0 radical (unpaired) electrons. The van der Waals surface area contributed by atoms with Gasteiger partial charge in [-0.25, -0.2) is 0 Å². The highest BCUT2D eigenvalue weighted by Crippen LogP contribution is 2.33. The van der Waals surface area contributed by atoms with E-state index in [0.29, 0.717) is 23.6 Å². The van der Waals surface area contributed by atoms with Crippen molar-refractivity contribution in [3.05, 3.63) is 95.8 Å². The number of amides is 1. The number of thioether (sulfide) groups is 1. The van der Waals surface area contributed by atoms with Crippen LogP contribution in [0.5, 0.6) is 11.5 Å². The Morgan fingerprint density at radius 2 is 1.57 bits per heavy atom. The Labute approximate surface area is 210 Å². The van der Waals surface area contributed by atoms with E-state index >= 15 is 0 Å². The van der Waals surface area contributed by atoms with Gasteiger partial charge in [0.05, 0.1) is 26.5 Å². The lowest BCUT2D eigenvalue weighted by atomic mass is 9.99. The maximum absolute atomic E-state index is 12.7. The highest BCUT2D eigenvalue weighted by atomic mass is 32.2. The largest absolute Gasteiger partial charge is 0.493 e. The SMILES string of the molecule is COc1ccc(-c2cccc(-c3ccnc(CNC(=O)c4ccc(C)c(SC)c4)c3)c2)cc1OC. The number of ether oxygens (including phenoxy) is 2. The van der Waals surface area contributed by atoms with E-state index in [1.54, 1.807) is 32.2 Å². The molecule has 0 atom stereocenters. The summed E-state index contributed by atoms with van der Waals surface area (Å²) in [4.78, 5) is 18.2. The van der Waals surface area contributed by atoms with E-state index in [4.69, 9.17) is 9.47 Å². The predicted molar refractivity (Wildman–Crippen MR) is 142 cm³/mol. The third-order valence-corrected chi connectivity index (χ3v) is 6.71. The highest BCUT2D eigenvalue weighted by molar-refractivity contribution is 7.98. The topological polar surface area (TPSA) is 60.5 Å². The van der Waals surface area contributed by atoms with E-state index in [2.05, 4.69) is 28.5 Å².